The van der Waals surface area contributed by atoms with E-state index >= 15 is 0 Å². The van der Waals surface area contributed by atoms with Crippen LogP contribution in [0.4, 0.5) is 0 Å². The van der Waals surface area contributed by atoms with Gasteiger partial charge in [0, 0.05) is 17.7 Å². The van der Waals surface area contributed by atoms with Crippen molar-refractivity contribution in [3.63, 3.8) is 0 Å². The Kier molecular flexibility index (Phi) is 6.49. The Labute approximate surface area is 190 Å². The minimum atomic E-state index is -0.240. The Morgan fingerprint density at radius 3 is 2.42 bits per heavy atom. The highest BCUT2D eigenvalue weighted by atomic mass is 16.5. The number of hydrogen-bond donors (Lipinski definition) is 1. The minimum Gasteiger partial charge on any atom is -0.496 e. The number of tetrazole rings is 1. The van der Waals surface area contributed by atoms with Crippen LogP contribution in [0.15, 0.2) is 67.0 Å². The fourth-order valence-electron chi connectivity index (χ4n) is 3.47. The molecule has 0 spiro atoms. The van der Waals surface area contributed by atoms with E-state index in [0.717, 1.165) is 16.7 Å². The number of rotatable bonds is 8. The molecule has 1 N–H and O–H groups in total. The lowest BCUT2D eigenvalue weighted by Crippen LogP contribution is -2.23. The molecule has 0 aliphatic rings. The van der Waals surface area contributed by atoms with Crippen LogP contribution >= 0.6 is 0 Å². The van der Waals surface area contributed by atoms with Gasteiger partial charge in [0.05, 0.1) is 27.0 Å². The van der Waals surface area contributed by atoms with Crippen LogP contribution in [0.3, 0.4) is 0 Å². The lowest BCUT2D eigenvalue weighted by atomic mass is 10.0. The summed E-state index contributed by atoms with van der Waals surface area (Å²) < 4.78 is 17.6. The van der Waals surface area contributed by atoms with Gasteiger partial charge in [-0.15, -0.1) is 5.10 Å². The molecular weight excluding hydrogens is 422 g/mol. The molecule has 0 radical (unpaired) electrons. The number of nitrogens with one attached hydrogen (secondary N) is 1. The molecule has 4 aromatic rings. The summed E-state index contributed by atoms with van der Waals surface area (Å²) >= 11 is 0. The van der Waals surface area contributed by atoms with Crippen molar-refractivity contribution in [2.24, 2.45) is 0 Å². The van der Waals surface area contributed by atoms with E-state index in [4.69, 9.17) is 14.2 Å². The number of nitrogens with zero attached hydrogens (tertiary/aromatic N) is 4. The Bertz CT molecular complexity index is 1260. The van der Waals surface area contributed by atoms with Gasteiger partial charge in [-0.2, -0.15) is 0 Å². The highest BCUT2D eigenvalue weighted by Crippen LogP contribution is 2.32. The zero-order valence-electron chi connectivity index (χ0n) is 18.5. The van der Waals surface area contributed by atoms with E-state index in [0.29, 0.717) is 35.0 Å². The molecule has 4 rings (SSSR count). The molecule has 0 unspecified atom stereocenters. The third kappa shape index (κ3) is 4.77. The standard InChI is InChI=1S/C24H23N5O4/c1-31-21-7-5-4-6-20(21)17-11-18(13-19(12-17)29-15-26-27-28-29)24(30)25-14-16-8-9-22(32-2)23(10-16)33-3/h4-13,15H,14H2,1-3H3,(H,25,30). The molecule has 0 atom stereocenters. The molecule has 3 aromatic carbocycles. The Morgan fingerprint density at radius 2 is 1.70 bits per heavy atom. The van der Waals surface area contributed by atoms with Crippen molar-refractivity contribution in [1.29, 1.82) is 0 Å². The van der Waals surface area contributed by atoms with Crippen LogP contribution in [-0.4, -0.2) is 47.4 Å². The fraction of sp³-hybridized carbons (Fsp3) is 0.167. The Morgan fingerprint density at radius 1 is 0.909 bits per heavy atom. The monoisotopic (exact) mass is 445 g/mol. The van der Waals surface area contributed by atoms with Gasteiger partial charge in [0.15, 0.2) is 11.5 Å². The van der Waals surface area contributed by atoms with Crippen LogP contribution in [0, 0.1) is 0 Å². The number of ether oxygens (including phenoxy) is 3. The molecule has 0 saturated heterocycles. The van der Waals surface area contributed by atoms with Crippen LogP contribution in [0.2, 0.25) is 0 Å². The average molecular weight is 445 g/mol. The maximum atomic E-state index is 13.1. The molecule has 9 nitrogen and oxygen atoms in total. The molecule has 0 saturated carbocycles. The van der Waals surface area contributed by atoms with Gasteiger partial charge in [-0.25, -0.2) is 4.68 Å². The van der Waals surface area contributed by atoms with Gasteiger partial charge in [-0.3, -0.25) is 4.79 Å². The van der Waals surface area contributed by atoms with Crippen LogP contribution in [0.1, 0.15) is 15.9 Å². The summed E-state index contributed by atoms with van der Waals surface area (Å²) in [5.74, 6) is 1.69. The first-order valence-electron chi connectivity index (χ1n) is 10.1. The van der Waals surface area contributed by atoms with Gasteiger partial charge in [-0.05, 0) is 58.0 Å². The van der Waals surface area contributed by atoms with E-state index in [2.05, 4.69) is 20.8 Å². The van der Waals surface area contributed by atoms with Crippen molar-refractivity contribution >= 4 is 5.91 Å². The highest BCUT2D eigenvalue weighted by Gasteiger charge is 2.14. The molecule has 33 heavy (non-hydrogen) atoms. The summed E-state index contributed by atoms with van der Waals surface area (Å²) in [6.45, 7) is 0.318. The summed E-state index contributed by atoms with van der Waals surface area (Å²) in [4.78, 5) is 13.1. The quantitative estimate of drug-likeness (QED) is 0.444. The molecule has 168 valence electrons. The SMILES string of the molecule is COc1ccc(CNC(=O)c2cc(-c3ccccc3OC)cc(-n3cnnn3)c2)cc1OC. The molecular formula is C24H23N5O4. The molecule has 9 heteroatoms. The number of benzene rings is 3. The Balaban J connectivity index is 1.65. The largest absolute Gasteiger partial charge is 0.496 e. The van der Waals surface area contributed by atoms with E-state index in [9.17, 15) is 4.79 Å². The number of carbonyl (C=O) groups excluding carboxylic acids is 1. The van der Waals surface area contributed by atoms with Crippen LogP contribution in [0.5, 0.6) is 17.2 Å². The second-order valence-corrected chi connectivity index (χ2v) is 7.10. The molecule has 1 heterocycles. The summed E-state index contributed by atoms with van der Waals surface area (Å²) in [5.41, 5.74) is 3.65. The minimum absolute atomic E-state index is 0.240. The number of methoxy groups -OCH3 is 3. The molecule has 1 aromatic heterocycles. The van der Waals surface area contributed by atoms with Gasteiger partial charge in [-0.1, -0.05) is 24.3 Å². The number of para-hydroxylation sites is 1. The van der Waals surface area contributed by atoms with Crippen molar-refractivity contribution in [2.75, 3.05) is 21.3 Å². The summed E-state index contributed by atoms with van der Waals surface area (Å²) in [6.07, 6.45) is 1.48. The van der Waals surface area contributed by atoms with E-state index in [1.165, 1.54) is 11.0 Å². The predicted molar refractivity (Wildman–Crippen MR) is 122 cm³/mol. The molecule has 0 aliphatic carbocycles. The van der Waals surface area contributed by atoms with Gasteiger partial charge in [0.2, 0.25) is 0 Å². The number of hydrogen-bond acceptors (Lipinski definition) is 7. The fourth-order valence-corrected chi connectivity index (χ4v) is 3.47. The molecule has 0 aliphatic heterocycles. The maximum Gasteiger partial charge on any atom is 0.251 e. The van der Waals surface area contributed by atoms with E-state index < -0.39 is 0 Å². The first-order chi connectivity index (χ1) is 16.1. The number of carbonyl (C=O) groups is 1. The zero-order chi connectivity index (χ0) is 23.2. The highest BCUT2D eigenvalue weighted by molar-refractivity contribution is 5.96. The summed E-state index contributed by atoms with van der Waals surface area (Å²) in [5, 5.41) is 14.3. The van der Waals surface area contributed by atoms with E-state index in [-0.39, 0.29) is 5.91 Å². The van der Waals surface area contributed by atoms with Crippen LogP contribution in [-0.2, 0) is 6.54 Å². The van der Waals surface area contributed by atoms with Gasteiger partial charge >= 0.3 is 0 Å². The third-order valence-electron chi connectivity index (χ3n) is 5.11. The summed E-state index contributed by atoms with van der Waals surface area (Å²) in [6, 6.07) is 18.6. The zero-order valence-corrected chi connectivity index (χ0v) is 18.5. The van der Waals surface area contributed by atoms with E-state index in [1.807, 2.05) is 48.5 Å². The number of amides is 1. The second-order valence-electron chi connectivity index (χ2n) is 7.10. The van der Waals surface area contributed by atoms with Crippen molar-refractivity contribution in [1.82, 2.24) is 25.5 Å². The molecule has 1 amide bonds. The van der Waals surface area contributed by atoms with E-state index in [1.54, 1.807) is 33.5 Å². The second kappa shape index (κ2) is 9.82. The number of aromatic nitrogens is 4. The van der Waals surface area contributed by atoms with Crippen molar-refractivity contribution in [2.45, 2.75) is 6.54 Å². The smallest absolute Gasteiger partial charge is 0.251 e. The first-order valence-corrected chi connectivity index (χ1v) is 10.1. The normalized spacial score (nSPS) is 10.5. The van der Waals surface area contributed by atoms with Gasteiger partial charge in [0.25, 0.3) is 5.91 Å². The lowest BCUT2D eigenvalue weighted by Gasteiger charge is -2.13. The van der Waals surface area contributed by atoms with Crippen LogP contribution in [0.25, 0.3) is 16.8 Å². The summed E-state index contributed by atoms with van der Waals surface area (Å²) in [7, 11) is 4.76. The first kappa shape index (κ1) is 21.8. The lowest BCUT2D eigenvalue weighted by molar-refractivity contribution is 0.0951. The Hall–Kier alpha value is -4.40. The van der Waals surface area contributed by atoms with Gasteiger partial charge < -0.3 is 19.5 Å². The topological polar surface area (TPSA) is 100 Å². The predicted octanol–water partition coefficient (Wildman–Crippen LogP) is 3.29. The average Bonchev–Trinajstić information content (AvgIpc) is 3.42. The van der Waals surface area contributed by atoms with Crippen molar-refractivity contribution < 1.29 is 19.0 Å². The van der Waals surface area contributed by atoms with Crippen LogP contribution < -0.4 is 19.5 Å². The van der Waals surface area contributed by atoms with Gasteiger partial charge in [0.1, 0.15) is 12.1 Å². The van der Waals surface area contributed by atoms with Crippen molar-refractivity contribution in [3.8, 4) is 34.1 Å². The molecule has 0 fully saturated rings. The van der Waals surface area contributed by atoms with Crippen molar-refractivity contribution in [3.05, 3.63) is 78.1 Å². The maximum absolute atomic E-state index is 13.1. The molecule has 0 bridgehead atoms. The third-order valence-corrected chi connectivity index (χ3v) is 5.11.